The number of nitrogens with one attached hydrogen (secondary N) is 2. The number of hydrogen-bond donors (Lipinski definition) is 2. The van der Waals surface area contributed by atoms with Crippen molar-refractivity contribution < 1.29 is 9.00 Å². The summed E-state index contributed by atoms with van der Waals surface area (Å²) in [5.41, 5.74) is 0.946. The maximum atomic E-state index is 11.7. The molecule has 96 valence electrons. The van der Waals surface area contributed by atoms with Gasteiger partial charge in [-0.05, 0) is 26.1 Å². The van der Waals surface area contributed by atoms with Gasteiger partial charge in [-0.2, -0.15) is 0 Å². The summed E-state index contributed by atoms with van der Waals surface area (Å²) in [5, 5.41) is 2.82. The molecule has 0 fully saturated rings. The molecule has 0 saturated heterocycles. The molecular weight excluding hydrogens is 276 g/mol. The molecule has 1 aromatic rings. The van der Waals surface area contributed by atoms with Crippen LogP contribution in [0.1, 0.15) is 17.5 Å². The van der Waals surface area contributed by atoms with Gasteiger partial charge in [0.15, 0.2) is 3.95 Å². The highest BCUT2D eigenvalue weighted by atomic mass is 32.2. The second kappa shape index (κ2) is 6.42. The van der Waals surface area contributed by atoms with Crippen LogP contribution in [0.4, 0.5) is 0 Å². The lowest BCUT2D eigenvalue weighted by atomic mass is 10.2. The third kappa shape index (κ3) is 5.10. The van der Waals surface area contributed by atoms with Crippen LogP contribution in [0.15, 0.2) is 0 Å². The Morgan fingerprint density at radius 1 is 1.65 bits per heavy atom. The summed E-state index contributed by atoms with van der Waals surface area (Å²) in [7, 11) is -0.894. The van der Waals surface area contributed by atoms with Crippen molar-refractivity contribution in [3.8, 4) is 0 Å². The van der Waals surface area contributed by atoms with Crippen LogP contribution >= 0.6 is 23.6 Å². The van der Waals surface area contributed by atoms with E-state index in [2.05, 4.69) is 10.3 Å². The Labute approximate surface area is 112 Å². The van der Waals surface area contributed by atoms with E-state index in [1.165, 1.54) is 11.3 Å². The fraction of sp³-hybridized carbons (Fsp3) is 0.600. The van der Waals surface area contributed by atoms with Crippen molar-refractivity contribution in [1.82, 2.24) is 10.3 Å². The normalized spacial score (nSPS) is 14.3. The first-order valence-corrected chi connectivity index (χ1v) is 8.11. The number of thiazole rings is 1. The van der Waals surface area contributed by atoms with Crippen molar-refractivity contribution in [3.05, 3.63) is 14.5 Å². The zero-order valence-corrected chi connectivity index (χ0v) is 12.5. The van der Waals surface area contributed by atoms with Gasteiger partial charge in [-0.3, -0.25) is 9.00 Å². The van der Waals surface area contributed by atoms with Gasteiger partial charge in [0.1, 0.15) is 0 Å². The molecule has 0 bridgehead atoms. The average Bonchev–Trinajstić information content (AvgIpc) is 2.42. The van der Waals surface area contributed by atoms with Gasteiger partial charge in [-0.1, -0.05) is 0 Å². The minimum atomic E-state index is -0.894. The van der Waals surface area contributed by atoms with E-state index in [1.54, 1.807) is 6.26 Å². The smallest absolute Gasteiger partial charge is 0.225 e. The molecular formula is C10H16N2O2S3. The molecule has 1 amide bonds. The standard InChI is InChI=1S/C10H16N2O2S3/c1-6(5-17(3)14)11-9(13)4-8-7(2)12-10(15)16-8/h6H,4-5H2,1-3H3,(H,11,13)(H,12,15). The van der Waals surface area contributed by atoms with E-state index < -0.39 is 10.8 Å². The van der Waals surface area contributed by atoms with Gasteiger partial charge in [-0.15, -0.1) is 11.3 Å². The van der Waals surface area contributed by atoms with Crippen molar-refractivity contribution in [2.24, 2.45) is 0 Å². The summed E-state index contributed by atoms with van der Waals surface area (Å²) in [6, 6.07) is -0.0689. The zero-order valence-electron chi connectivity index (χ0n) is 10.0. The highest BCUT2D eigenvalue weighted by Crippen LogP contribution is 2.14. The molecule has 0 aliphatic heterocycles. The van der Waals surface area contributed by atoms with Crippen molar-refractivity contribution in [1.29, 1.82) is 0 Å². The highest BCUT2D eigenvalue weighted by molar-refractivity contribution is 7.84. The molecule has 2 atom stereocenters. The fourth-order valence-corrected chi connectivity index (χ4v) is 3.55. The third-order valence-corrected chi connectivity index (χ3v) is 4.44. The summed E-state index contributed by atoms with van der Waals surface area (Å²) in [5.74, 6) is 0.421. The number of rotatable bonds is 5. The lowest BCUT2D eigenvalue weighted by molar-refractivity contribution is -0.120. The van der Waals surface area contributed by atoms with Crippen LogP contribution in [0, 0.1) is 10.9 Å². The Morgan fingerprint density at radius 3 is 2.76 bits per heavy atom. The van der Waals surface area contributed by atoms with Gasteiger partial charge < -0.3 is 10.3 Å². The lowest BCUT2D eigenvalue weighted by Gasteiger charge is -2.11. The van der Waals surface area contributed by atoms with Gasteiger partial charge in [0.05, 0.1) is 6.42 Å². The first-order valence-electron chi connectivity index (χ1n) is 5.16. The molecule has 0 spiro atoms. The minimum Gasteiger partial charge on any atom is -0.352 e. The molecule has 2 unspecified atom stereocenters. The summed E-state index contributed by atoms with van der Waals surface area (Å²) in [4.78, 5) is 15.7. The number of amides is 1. The molecule has 2 N–H and O–H groups in total. The third-order valence-electron chi connectivity index (χ3n) is 2.14. The SMILES string of the molecule is Cc1[nH]c(=S)sc1CC(=O)NC(C)CS(C)=O. The van der Waals surface area contributed by atoms with Gasteiger partial charge in [0.2, 0.25) is 5.91 Å². The molecule has 0 aromatic carbocycles. The first kappa shape index (κ1) is 14.5. The van der Waals surface area contributed by atoms with Crippen molar-refractivity contribution in [3.63, 3.8) is 0 Å². The maximum Gasteiger partial charge on any atom is 0.225 e. The van der Waals surface area contributed by atoms with Crippen molar-refractivity contribution in [2.45, 2.75) is 26.3 Å². The van der Waals surface area contributed by atoms with Crippen molar-refractivity contribution >= 4 is 40.3 Å². The van der Waals surface area contributed by atoms with Gasteiger partial charge in [0.25, 0.3) is 0 Å². The van der Waals surface area contributed by atoms with E-state index in [9.17, 15) is 9.00 Å². The number of carbonyl (C=O) groups excluding carboxylic acids is 1. The Morgan fingerprint density at radius 2 is 2.29 bits per heavy atom. The zero-order chi connectivity index (χ0) is 13.0. The van der Waals surface area contributed by atoms with Crippen LogP contribution in [0.2, 0.25) is 0 Å². The molecule has 1 heterocycles. The first-order chi connectivity index (χ1) is 7.88. The largest absolute Gasteiger partial charge is 0.352 e. The van der Waals surface area contributed by atoms with E-state index in [4.69, 9.17) is 12.2 Å². The molecule has 0 aliphatic carbocycles. The molecule has 1 rings (SSSR count). The van der Waals surface area contributed by atoms with Crippen LogP contribution in [-0.2, 0) is 22.0 Å². The molecule has 0 saturated carbocycles. The summed E-state index contributed by atoms with van der Waals surface area (Å²) in [6.07, 6.45) is 1.95. The van der Waals surface area contributed by atoms with E-state index in [1.807, 2.05) is 13.8 Å². The topological polar surface area (TPSA) is 62.0 Å². The summed E-state index contributed by atoms with van der Waals surface area (Å²) in [6.45, 7) is 3.75. The van der Waals surface area contributed by atoms with E-state index in [0.717, 1.165) is 10.6 Å². The Bertz CT molecular complexity index is 478. The van der Waals surface area contributed by atoms with Crippen LogP contribution in [0.5, 0.6) is 0 Å². The number of H-pyrrole nitrogens is 1. The predicted molar refractivity (Wildman–Crippen MR) is 74.5 cm³/mol. The molecule has 1 aromatic heterocycles. The quantitative estimate of drug-likeness (QED) is 0.809. The van der Waals surface area contributed by atoms with Gasteiger partial charge in [-0.25, -0.2) is 0 Å². The minimum absolute atomic E-state index is 0.0590. The molecule has 0 radical (unpaired) electrons. The summed E-state index contributed by atoms with van der Waals surface area (Å²) >= 11 is 6.43. The van der Waals surface area contributed by atoms with Crippen LogP contribution in [-0.4, -0.2) is 33.2 Å². The predicted octanol–water partition coefficient (Wildman–Crippen LogP) is 1.54. The number of carbonyl (C=O) groups is 1. The second-order valence-corrected chi connectivity index (χ2v) is 7.20. The van der Waals surface area contributed by atoms with Crippen LogP contribution in [0.3, 0.4) is 0 Å². The highest BCUT2D eigenvalue weighted by Gasteiger charge is 2.12. The van der Waals surface area contributed by atoms with E-state index in [0.29, 0.717) is 16.1 Å². The van der Waals surface area contributed by atoms with E-state index in [-0.39, 0.29) is 11.9 Å². The molecule has 17 heavy (non-hydrogen) atoms. The fourth-order valence-electron chi connectivity index (χ4n) is 1.47. The van der Waals surface area contributed by atoms with Crippen molar-refractivity contribution in [2.75, 3.05) is 12.0 Å². The maximum absolute atomic E-state index is 11.7. The number of hydrogen-bond acceptors (Lipinski definition) is 4. The number of aromatic amines is 1. The van der Waals surface area contributed by atoms with Crippen LogP contribution in [0.25, 0.3) is 0 Å². The Hall–Kier alpha value is -0.530. The Balaban J connectivity index is 2.52. The second-order valence-electron chi connectivity index (χ2n) is 3.95. The monoisotopic (exact) mass is 292 g/mol. The van der Waals surface area contributed by atoms with Gasteiger partial charge in [0, 0.05) is 39.4 Å². The number of aryl methyl sites for hydroxylation is 1. The number of aromatic nitrogens is 1. The van der Waals surface area contributed by atoms with E-state index >= 15 is 0 Å². The molecule has 0 aliphatic rings. The summed E-state index contributed by atoms with van der Waals surface area (Å²) < 4.78 is 11.7. The van der Waals surface area contributed by atoms with Gasteiger partial charge >= 0.3 is 0 Å². The van der Waals surface area contributed by atoms with Crippen LogP contribution < -0.4 is 5.32 Å². The lowest BCUT2D eigenvalue weighted by Crippen LogP contribution is -2.37. The Kier molecular flexibility index (Phi) is 5.48. The average molecular weight is 292 g/mol. The molecule has 4 nitrogen and oxygen atoms in total. The molecule has 7 heteroatoms.